The van der Waals surface area contributed by atoms with Crippen LogP contribution in [-0.2, 0) is 9.53 Å². The van der Waals surface area contributed by atoms with Crippen LogP contribution in [0.15, 0.2) is 0 Å². The van der Waals surface area contributed by atoms with Gasteiger partial charge in [-0.2, -0.15) is 5.26 Å². The lowest BCUT2D eigenvalue weighted by Gasteiger charge is -2.37. The van der Waals surface area contributed by atoms with Crippen molar-refractivity contribution in [2.45, 2.75) is 45.3 Å². The van der Waals surface area contributed by atoms with Crippen LogP contribution in [0.1, 0.15) is 33.6 Å². The van der Waals surface area contributed by atoms with E-state index in [0.29, 0.717) is 19.5 Å². The van der Waals surface area contributed by atoms with Gasteiger partial charge in [-0.15, -0.1) is 0 Å². The number of hydrogen-bond acceptors (Lipinski definition) is 4. The molecule has 5 heteroatoms. The second kappa shape index (κ2) is 6.88. The van der Waals surface area contributed by atoms with E-state index < -0.39 is 5.60 Å². The molecular formula is C14H25N3O2. The number of nitriles is 1. The number of rotatable bonds is 5. The third-order valence-electron chi connectivity index (χ3n) is 3.77. The molecule has 1 unspecified atom stereocenters. The van der Waals surface area contributed by atoms with E-state index in [0.717, 1.165) is 19.5 Å². The molecular weight excluding hydrogens is 242 g/mol. The first-order valence-corrected chi connectivity index (χ1v) is 6.90. The minimum Gasteiger partial charge on any atom is -0.378 e. The molecule has 1 amide bonds. The highest BCUT2D eigenvalue weighted by molar-refractivity contribution is 5.77. The van der Waals surface area contributed by atoms with E-state index in [9.17, 15) is 4.79 Å². The summed E-state index contributed by atoms with van der Waals surface area (Å²) in [5, 5.41) is 9.05. The van der Waals surface area contributed by atoms with Crippen molar-refractivity contribution in [3.05, 3.63) is 0 Å². The fourth-order valence-corrected chi connectivity index (χ4v) is 2.26. The van der Waals surface area contributed by atoms with Crippen molar-refractivity contribution in [1.29, 1.82) is 5.26 Å². The average Bonchev–Trinajstić information content (AvgIpc) is 2.40. The monoisotopic (exact) mass is 267 g/mol. The normalized spacial score (nSPS) is 19.0. The van der Waals surface area contributed by atoms with Crippen molar-refractivity contribution in [3.8, 4) is 6.07 Å². The van der Waals surface area contributed by atoms with Crippen molar-refractivity contribution < 1.29 is 9.53 Å². The number of carbonyl (C=O) groups excluding carboxylic acids is 1. The summed E-state index contributed by atoms with van der Waals surface area (Å²) in [6.07, 6.45) is 1.24. The molecule has 0 aromatic carbocycles. The Morgan fingerprint density at radius 1 is 1.37 bits per heavy atom. The lowest BCUT2D eigenvalue weighted by molar-refractivity contribution is -0.138. The molecule has 19 heavy (non-hydrogen) atoms. The molecule has 108 valence electrons. The van der Waals surface area contributed by atoms with E-state index in [1.54, 1.807) is 7.11 Å². The van der Waals surface area contributed by atoms with Crippen LogP contribution < -0.4 is 0 Å². The van der Waals surface area contributed by atoms with Crippen LogP contribution in [0.5, 0.6) is 0 Å². The fourth-order valence-electron chi connectivity index (χ4n) is 2.26. The molecule has 1 atom stereocenters. The molecule has 1 heterocycles. The van der Waals surface area contributed by atoms with E-state index in [1.165, 1.54) is 0 Å². The molecule has 0 aliphatic carbocycles. The molecule has 0 saturated carbocycles. The van der Waals surface area contributed by atoms with Crippen molar-refractivity contribution in [3.63, 3.8) is 0 Å². The van der Waals surface area contributed by atoms with Crippen molar-refractivity contribution in [2.24, 2.45) is 0 Å². The predicted molar refractivity (Wildman–Crippen MR) is 73.6 cm³/mol. The summed E-state index contributed by atoms with van der Waals surface area (Å²) in [6, 6.07) is 2.29. The molecule has 5 nitrogen and oxygen atoms in total. The number of hydrogen-bond donors (Lipinski definition) is 0. The zero-order chi connectivity index (χ0) is 14.5. The largest absolute Gasteiger partial charge is 0.378 e. The lowest BCUT2D eigenvalue weighted by Crippen LogP contribution is -2.52. The molecule has 0 aromatic rings. The highest BCUT2D eigenvalue weighted by Gasteiger charge is 2.28. The highest BCUT2D eigenvalue weighted by atomic mass is 16.5. The van der Waals surface area contributed by atoms with Gasteiger partial charge >= 0.3 is 0 Å². The van der Waals surface area contributed by atoms with Crippen LogP contribution >= 0.6 is 0 Å². The molecule has 1 fully saturated rings. The second-order valence-corrected chi connectivity index (χ2v) is 5.61. The van der Waals surface area contributed by atoms with Crippen LogP contribution in [0.2, 0.25) is 0 Å². The van der Waals surface area contributed by atoms with E-state index >= 15 is 0 Å². The Morgan fingerprint density at radius 2 is 1.95 bits per heavy atom. The number of piperazine rings is 1. The van der Waals surface area contributed by atoms with Crippen LogP contribution in [0.4, 0.5) is 0 Å². The smallest absolute Gasteiger partial charge is 0.225 e. The van der Waals surface area contributed by atoms with Crippen LogP contribution in [-0.4, -0.2) is 60.6 Å². The number of ether oxygens (including phenoxy) is 1. The standard InChI is InChI=1S/C14H25N3O2/c1-5-12(11-15)16-6-8-17(9-7-16)13(18)10-14(2,3)19-4/h12H,5-10H2,1-4H3. The van der Waals surface area contributed by atoms with Gasteiger partial charge < -0.3 is 9.64 Å². The van der Waals surface area contributed by atoms with Gasteiger partial charge in [-0.3, -0.25) is 9.69 Å². The van der Waals surface area contributed by atoms with Gasteiger partial charge in [-0.25, -0.2) is 0 Å². The van der Waals surface area contributed by atoms with E-state index in [4.69, 9.17) is 10.00 Å². The Bertz CT molecular complexity index is 341. The first-order chi connectivity index (χ1) is 8.93. The summed E-state index contributed by atoms with van der Waals surface area (Å²) >= 11 is 0. The first-order valence-electron chi connectivity index (χ1n) is 6.90. The molecule has 1 saturated heterocycles. The average molecular weight is 267 g/mol. The summed E-state index contributed by atoms with van der Waals surface area (Å²) < 4.78 is 5.29. The van der Waals surface area contributed by atoms with Gasteiger partial charge in [-0.05, 0) is 20.3 Å². The van der Waals surface area contributed by atoms with E-state index in [2.05, 4.69) is 11.0 Å². The van der Waals surface area contributed by atoms with Gasteiger partial charge in [0, 0.05) is 33.3 Å². The first kappa shape index (κ1) is 15.9. The SMILES string of the molecule is CCC(C#N)N1CCN(C(=O)CC(C)(C)OC)CC1. The molecule has 1 aliphatic rings. The van der Waals surface area contributed by atoms with Crippen molar-refractivity contribution in [1.82, 2.24) is 9.80 Å². The van der Waals surface area contributed by atoms with Crippen LogP contribution in [0, 0.1) is 11.3 Å². The third-order valence-corrected chi connectivity index (χ3v) is 3.77. The van der Waals surface area contributed by atoms with Gasteiger partial charge in [0.05, 0.1) is 24.1 Å². The highest BCUT2D eigenvalue weighted by Crippen LogP contribution is 2.16. The lowest BCUT2D eigenvalue weighted by atomic mass is 10.0. The Morgan fingerprint density at radius 3 is 2.37 bits per heavy atom. The Kier molecular flexibility index (Phi) is 5.77. The van der Waals surface area contributed by atoms with E-state index in [-0.39, 0.29) is 11.9 Å². The minimum absolute atomic E-state index is 0.0207. The van der Waals surface area contributed by atoms with Crippen LogP contribution in [0.25, 0.3) is 0 Å². The van der Waals surface area contributed by atoms with Gasteiger partial charge in [0.2, 0.25) is 5.91 Å². The quantitative estimate of drug-likeness (QED) is 0.752. The van der Waals surface area contributed by atoms with Gasteiger partial charge in [-0.1, -0.05) is 6.92 Å². The van der Waals surface area contributed by atoms with Gasteiger partial charge in [0.25, 0.3) is 0 Å². The zero-order valence-corrected chi connectivity index (χ0v) is 12.5. The number of carbonyl (C=O) groups is 1. The topological polar surface area (TPSA) is 56.6 Å². The molecule has 0 spiro atoms. The van der Waals surface area contributed by atoms with Gasteiger partial charge in [0.15, 0.2) is 0 Å². The zero-order valence-electron chi connectivity index (χ0n) is 12.5. The third kappa shape index (κ3) is 4.48. The molecule has 0 N–H and O–H groups in total. The molecule has 0 bridgehead atoms. The molecule has 1 rings (SSSR count). The summed E-state index contributed by atoms with van der Waals surface area (Å²) in [4.78, 5) is 16.2. The van der Waals surface area contributed by atoms with Crippen LogP contribution in [0.3, 0.4) is 0 Å². The maximum Gasteiger partial charge on any atom is 0.225 e. The molecule has 0 aromatic heterocycles. The second-order valence-electron chi connectivity index (χ2n) is 5.61. The summed E-state index contributed by atoms with van der Waals surface area (Å²) in [5.74, 6) is 0.136. The number of nitrogens with zero attached hydrogens (tertiary/aromatic N) is 3. The maximum absolute atomic E-state index is 12.2. The number of methoxy groups -OCH3 is 1. The van der Waals surface area contributed by atoms with Crippen molar-refractivity contribution >= 4 is 5.91 Å². The predicted octanol–water partition coefficient (Wildman–Crippen LogP) is 1.25. The Balaban J connectivity index is 2.46. The molecule has 0 radical (unpaired) electrons. The summed E-state index contributed by atoms with van der Waals surface area (Å²) in [5.41, 5.74) is -0.410. The number of amides is 1. The van der Waals surface area contributed by atoms with Crippen molar-refractivity contribution in [2.75, 3.05) is 33.3 Å². The minimum atomic E-state index is -0.410. The summed E-state index contributed by atoms with van der Waals surface area (Å²) in [6.45, 7) is 8.84. The Hall–Kier alpha value is -1.12. The fraction of sp³-hybridized carbons (Fsp3) is 0.857. The van der Waals surface area contributed by atoms with E-state index in [1.807, 2.05) is 25.7 Å². The van der Waals surface area contributed by atoms with Gasteiger partial charge in [0.1, 0.15) is 0 Å². The maximum atomic E-state index is 12.2. The Labute approximate surface area is 116 Å². The summed E-state index contributed by atoms with van der Waals surface area (Å²) in [7, 11) is 1.63. The molecule has 1 aliphatic heterocycles.